The van der Waals surface area contributed by atoms with Crippen LogP contribution in [0.25, 0.3) is 0 Å². The first-order valence-electron chi connectivity index (χ1n) is 5.34. The summed E-state index contributed by atoms with van der Waals surface area (Å²) in [6, 6.07) is 0. The van der Waals surface area contributed by atoms with Crippen LogP contribution in [0.4, 0.5) is 0 Å². The number of rotatable bonds is 7. The van der Waals surface area contributed by atoms with E-state index in [2.05, 4.69) is 0 Å². The van der Waals surface area contributed by atoms with Crippen molar-refractivity contribution < 1.29 is 24.6 Å². The van der Waals surface area contributed by atoms with Gasteiger partial charge in [0.25, 0.3) is 0 Å². The monoisotopic (exact) mass is 268 g/mol. The zero-order valence-electron chi connectivity index (χ0n) is 10.4. The molecule has 0 saturated heterocycles. The maximum Gasteiger partial charge on any atom is 0.247 e. The molecule has 0 rings (SSSR count). The number of nitrogens with zero attached hydrogens (tertiary/aromatic N) is 2. The molecule has 0 saturated carbocycles. The van der Waals surface area contributed by atoms with Crippen LogP contribution in [0.15, 0.2) is 0 Å². The van der Waals surface area contributed by atoms with Crippen LogP contribution in [0, 0.1) is 0 Å². The maximum atomic E-state index is 11.2. The molecule has 0 heterocycles. The van der Waals surface area contributed by atoms with E-state index in [0.29, 0.717) is 11.5 Å². The standard InChI is InChI=1S/C9H21N2O5P/c1-4-5-8(12)11(14)7-10(2)6-9(13)17(3,15)16/h9,13-14H,4-7H2,1-3H3,(H,15,16). The molecule has 7 nitrogen and oxygen atoms in total. The highest BCUT2D eigenvalue weighted by Crippen LogP contribution is 2.40. The fraction of sp³-hybridized carbons (Fsp3) is 0.889. The molecule has 0 radical (unpaired) electrons. The van der Waals surface area contributed by atoms with Gasteiger partial charge >= 0.3 is 0 Å². The van der Waals surface area contributed by atoms with Crippen LogP contribution in [0.5, 0.6) is 0 Å². The second-order valence-corrected chi connectivity index (χ2v) is 6.63. The average molecular weight is 268 g/mol. The van der Waals surface area contributed by atoms with Crippen molar-refractivity contribution in [3.8, 4) is 0 Å². The molecule has 3 N–H and O–H groups in total. The minimum Gasteiger partial charge on any atom is -0.382 e. The van der Waals surface area contributed by atoms with Gasteiger partial charge in [-0.15, -0.1) is 0 Å². The van der Waals surface area contributed by atoms with E-state index in [-0.39, 0.29) is 19.6 Å². The smallest absolute Gasteiger partial charge is 0.247 e. The van der Waals surface area contributed by atoms with Gasteiger partial charge in [0.2, 0.25) is 13.3 Å². The van der Waals surface area contributed by atoms with E-state index in [4.69, 9.17) is 4.89 Å². The summed E-state index contributed by atoms with van der Waals surface area (Å²) in [5.74, 6) is -1.81. The second-order valence-electron chi connectivity index (χ2n) is 4.15. The van der Waals surface area contributed by atoms with Crippen LogP contribution in [0.1, 0.15) is 19.8 Å². The Morgan fingerprint density at radius 3 is 2.41 bits per heavy atom. The normalized spacial score (nSPS) is 16.6. The summed E-state index contributed by atoms with van der Waals surface area (Å²) < 4.78 is 11.1. The summed E-state index contributed by atoms with van der Waals surface area (Å²) in [5, 5.41) is 19.3. The van der Waals surface area contributed by atoms with Gasteiger partial charge in [0.05, 0.1) is 0 Å². The lowest BCUT2D eigenvalue weighted by Gasteiger charge is -2.25. The van der Waals surface area contributed by atoms with Gasteiger partial charge in [-0.05, 0) is 13.5 Å². The molecule has 0 fully saturated rings. The third-order valence-corrected chi connectivity index (χ3v) is 3.42. The molecule has 0 aliphatic carbocycles. The van der Waals surface area contributed by atoms with Crippen LogP contribution < -0.4 is 0 Å². The van der Waals surface area contributed by atoms with Crippen molar-refractivity contribution in [2.75, 3.05) is 26.9 Å². The van der Waals surface area contributed by atoms with Crippen molar-refractivity contribution in [1.29, 1.82) is 0 Å². The molecule has 1 amide bonds. The number of carbonyl (C=O) groups excluding carboxylic acids is 1. The molecular weight excluding hydrogens is 247 g/mol. The van der Waals surface area contributed by atoms with Crippen LogP contribution in [0.2, 0.25) is 0 Å². The molecule has 102 valence electrons. The maximum absolute atomic E-state index is 11.2. The van der Waals surface area contributed by atoms with Crippen LogP contribution >= 0.6 is 7.37 Å². The minimum atomic E-state index is -3.56. The molecule has 17 heavy (non-hydrogen) atoms. The Bertz CT molecular complexity index is 293. The molecule has 0 aromatic rings. The number of carbonyl (C=O) groups is 1. The van der Waals surface area contributed by atoms with Crippen molar-refractivity contribution in [2.24, 2.45) is 0 Å². The quantitative estimate of drug-likeness (QED) is 0.262. The third kappa shape index (κ3) is 6.75. The van der Waals surface area contributed by atoms with E-state index < -0.39 is 19.1 Å². The zero-order valence-corrected chi connectivity index (χ0v) is 11.3. The Balaban J connectivity index is 4.14. The molecule has 0 bridgehead atoms. The predicted octanol–water partition coefficient (Wildman–Crippen LogP) is 0.112. The highest BCUT2D eigenvalue weighted by atomic mass is 31.2. The number of hydrogen-bond donors (Lipinski definition) is 3. The van der Waals surface area contributed by atoms with Gasteiger partial charge in [-0.25, -0.2) is 5.06 Å². The lowest BCUT2D eigenvalue weighted by Crippen LogP contribution is -2.40. The number of likely N-dealkylation sites (N-methyl/N-ethyl adjacent to an activating group) is 1. The third-order valence-electron chi connectivity index (χ3n) is 2.16. The fourth-order valence-corrected chi connectivity index (χ4v) is 1.72. The number of hydrogen-bond acceptors (Lipinski definition) is 5. The number of amides is 1. The van der Waals surface area contributed by atoms with Gasteiger partial charge in [-0.3, -0.25) is 19.5 Å². The molecule has 0 aliphatic rings. The van der Waals surface area contributed by atoms with E-state index in [1.165, 1.54) is 11.9 Å². The van der Waals surface area contributed by atoms with Crippen molar-refractivity contribution in [3.05, 3.63) is 0 Å². The first-order valence-corrected chi connectivity index (χ1v) is 7.51. The summed E-state index contributed by atoms with van der Waals surface area (Å²) in [6.45, 7) is 2.67. The molecule has 8 heteroatoms. The van der Waals surface area contributed by atoms with Gasteiger partial charge in [0.15, 0.2) is 0 Å². The summed E-state index contributed by atoms with van der Waals surface area (Å²) in [5.41, 5.74) is 0. The minimum absolute atomic E-state index is 0.0965. The van der Waals surface area contributed by atoms with Crippen molar-refractivity contribution in [3.63, 3.8) is 0 Å². The molecule has 2 atom stereocenters. The number of aliphatic hydroxyl groups is 1. The molecule has 0 spiro atoms. The number of aliphatic hydroxyl groups excluding tert-OH is 1. The fourth-order valence-electron chi connectivity index (χ4n) is 1.14. The van der Waals surface area contributed by atoms with E-state index >= 15 is 0 Å². The lowest BCUT2D eigenvalue weighted by atomic mass is 10.3. The van der Waals surface area contributed by atoms with Crippen LogP contribution in [-0.4, -0.2) is 63.8 Å². The summed E-state index contributed by atoms with van der Waals surface area (Å²) in [4.78, 5) is 21.7. The molecule has 0 aliphatic heterocycles. The Hall–Kier alpha value is -0.460. The van der Waals surface area contributed by atoms with Crippen molar-refractivity contribution in [2.45, 2.75) is 25.6 Å². The Morgan fingerprint density at radius 2 is 2.00 bits per heavy atom. The van der Waals surface area contributed by atoms with E-state index in [9.17, 15) is 19.7 Å². The Kier molecular flexibility index (Phi) is 6.89. The van der Waals surface area contributed by atoms with E-state index in [1.807, 2.05) is 6.92 Å². The summed E-state index contributed by atoms with van der Waals surface area (Å²) in [6.07, 6.45) is 0.863. The predicted molar refractivity (Wildman–Crippen MR) is 62.8 cm³/mol. The highest BCUT2D eigenvalue weighted by Gasteiger charge is 2.25. The topological polar surface area (TPSA) is 101 Å². The van der Waals surface area contributed by atoms with Gasteiger partial charge in [-0.2, -0.15) is 0 Å². The molecule has 0 aromatic heterocycles. The van der Waals surface area contributed by atoms with Gasteiger partial charge in [0, 0.05) is 19.6 Å². The van der Waals surface area contributed by atoms with E-state index in [1.54, 1.807) is 0 Å². The van der Waals surface area contributed by atoms with Gasteiger partial charge < -0.3 is 10.00 Å². The number of hydroxylamine groups is 2. The Morgan fingerprint density at radius 1 is 1.47 bits per heavy atom. The average Bonchev–Trinajstić information content (AvgIpc) is 2.16. The first kappa shape index (κ1) is 16.5. The lowest BCUT2D eigenvalue weighted by molar-refractivity contribution is -0.173. The Labute approximate surface area is 101 Å². The summed E-state index contributed by atoms with van der Waals surface area (Å²) in [7, 11) is -2.03. The zero-order chi connectivity index (χ0) is 13.6. The van der Waals surface area contributed by atoms with Crippen LogP contribution in [0.3, 0.4) is 0 Å². The molecule has 0 aromatic carbocycles. The van der Waals surface area contributed by atoms with E-state index in [0.717, 1.165) is 6.66 Å². The highest BCUT2D eigenvalue weighted by molar-refractivity contribution is 7.57. The second kappa shape index (κ2) is 7.08. The SMILES string of the molecule is CCCC(=O)N(O)CN(C)CC(O)P(C)(=O)O. The summed E-state index contributed by atoms with van der Waals surface area (Å²) >= 11 is 0. The van der Waals surface area contributed by atoms with Crippen molar-refractivity contribution >= 4 is 13.3 Å². The molecule has 2 unspecified atom stereocenters. The van der Waals surface area contributed by atoms with Gasteiger partial charge in [0.1, 0.15) is 12.5 Å². The van der Waals surface area contributed by atoms with Crippen molar-refractivity contribution in [1.82, 2.24) is 9.96 Å². The molecular formula is C9H21N2O5P. The largest absolute Gasteiger partial charge is 0.382 e. The first-order chi connectivity index (χ1) is 7.68. The van der Waals surface area contributed by atoms with Crippen LogP contribution in [-0.2, 0) is 9.36 Å². The van der Waals surface area contributed by atoms with Gasteiger partial charge in [-0.1, -0.05) is 6.92 Å².